The van der Waals surface area contributed by atoms with Crippen LogP contribution >= 0.6 is 0 Å². The fraction of sp³-hybridized carbons (Fsp3) is 0.261. The van der Waals surface area contributed by atoms with Gasteiger partial charge in [-0.2, -0.15) is 0 Å². The number of benzene rings is 2. The van der Waals surface area contributed by atoms with Crippen LogP contribution in [0.4, 0.5) is 5.69 Å². The Hall–Kier alpha value is -3.41. The van der Waals surface area contributed by atoms with Gasteiger partial charge in [0.1, 0.15) is 5.75 Å². The molecule has 6 heteroatoms. The molecule has 0 spiro atoms. The van der Waals surface area contributed by atoms with Crippen molar-refractivity contribution in [2.75, 3.05) is 12.0 Å². The number of amides is 1. The highest BCUT2D eigenvalue weighted by Gasteiger charge is 2.39. The Morgan fingerprint density at radius 2 is 1.72 bits per heavy atom. The molecule has 148 valence electrons. The average Bonchev–Trinajstić information content (AvgIpc) is 2.73. The number of rotatable bonds is 4. The van der Waals surface area contributed by atoms with Crippen molar-refractivity contribution < 1.29 is 24.2 Å². The first kappa shape index (κ1) is 18.9. The molecule has 1 aliphatic heterocycles. The number of carboxylic acids is 1. The summed E-state index contributed by atoms with van der Waals surface area (Å²) in [6.45, 7) is 0. The van der Waals surface area contributed by atoms with E-state index in [4.69, 9.17) is 9.84 Å². The summed E-state index contributed by atoms with van der Waals surface area (Å²) >= 11 is 0. The Bertz CT molecular complexity index is 1000. The smallest absolute Gasteiger partial charge is 0.335 e. The van der Waals surface area contributed by atoms with Gasteiger partial charge in [0.25, 0.3) is 0 Å². The number of nitrogens with zero attached hydrogens (tertiary/aromatic N) is 1. The Morgan fingerprint density at radius 1 is 1.03 bits per heavy atom. The molecule has 2 aliphatic rings. The number of carboxylic acid groups (broad SMARTS) is 1. The minimum absolute atomic E-state index is 0.0757. The molecule has 1 N–H and O–H groups in total. The van der Waals surface area contributed by atoms with Crippen LogP contribution < -0.4 is 9.64 Å². The minimum Gasteiger partial charge on any atom is -0.497 e. The number of ketones is 1. The second kappa shape index (κ2) is 7.54. The van der Waals surface area contributed by atoms with Crippen LogP contribution in [0.25, 0.3) is 0 Å². The highest BCUT2D eigenvalue weighted by Crippen LogP contribution is 2.43. The van der Waals surface area contributed by atoms with Crippen LogP contribution in [0.5, 0.6) is 5.75 Å². The third-order valence-electron chi connectivity index (χ3n) is 5.57. The maximum atomic E-state index is 13.1. The molecule has 0 fully saturated rings. The number of anilines is 1. The van der Waals surface area contributed by atoms with Crippen molar-refractivity contribution in [3.63, 3.8) is 0 Å². The molecule has 0 aromatic heterocycles. The van der Waals surface area contributed by atoms with E-state index in [0.717, 1.165) is 17.0 Å². The lowest BCUT2D eigenvalue weighted by Crippen LogP contribution is -2.40. The number of allylic oxidation sites excluding steroid dienone is 2. The van der Waals surface area contributed by atoms with Crippen LogP contribution in [0.1, 0.15) is 47.5 Å². The van der Waals surface area contributed by atoms with E-state index in [1.165, 1.54) is 12.1 Å². The van der Waals surface area contributed by atoms with Crippen LogP contribution in [0.3, 0.4) is 0 Å². The van der Waals surface area contributed by atoms with E-state index in [0.29, 0.717) is 30.5 Å². The number of carbonyl (C=O) groups is 3. The molecule has 1 amide bonds. The number of ether oxygens (including phenoxy) is 1. The van der Waals surface area contributed by atoms with E-state index < -0.39 is 5.97 Å². The van der Waals surface area contributed by atoms with Crippen molar-refractivity contribution in [2.45, 2.75) is 31.6 Å². The standard InChI is InChI=1S/C23H21NO5/c1-29-17-11-7-14(8-12-17)18-13-21(26)24(19-3-2-4-20(25)22(18)19)16-9-5-15(6-10-16)23(27)28/h5-12,18H,2-4,13H2,1H3,(H,27,28)/t18-/m1/s1. The van der Waals surface area contributed by atoms with Crippen LogP contribution in [0, 0.1) is 0 Å². The van der Waals surface area contributed by atoms with E-state index in [9.17, 15) is 14.4 Å². The molecule has 1 heterocycles. The van der Waals surface area contributed by atoms with E-state index in [1.54, 1.807) is 24.1 Å². The van der Waals surface area contributed by atoms with Gasteiger partial charge >= 0.3 is 5.97 Å². The number of carbonyl (C=O) groups excluding carboxylic acids is 2. The zero-order chi connectivity index (χ0) is 20.5. The first-order chi connectivity index (χ1) is 14.0. The highest BCUT2D eigenvalue weighted by molar-refractivity contribution is 6.07. The van der Waals surface area contributed by atoms with Crippen molar-refractivity contribution in [1.82, 2.24) is 0 Å². The molecule has 2 aromatic rings. The van der Waals surface area contributed by atoms with Crippen molar-refractivity contribution in [1.29, 1.82) is 0 Å². The summed E-state index contributed by atoms with van der Waals surface area (Å²) in [6.07, 6.45) is 2.01. The largest absolute Gasteiger partial charge is 0.497 e. The maximum absolute atomic E-state index is 13.1. The molecule has 0 unspecified atom stereocenters. The summed E-state index contributed by atoms with van der Waals surface area (Å²) in [5, 5.41) is 9.11. The predicted molar refractivity (Wildman–Crippen MR) is 107 cm³/mol. The lowest BCUT2D eigenvalue weighted by atomic mass is 9.77. The lowest BCUT2D eigenvalue weighted by molar-refractivity contribution is -0.119. The third kappa shape index (κ3) is 3.42. The van der Waals surface area contributed by atoms with Gasteiger partial charge < -0.3 is 9.84 Å². The fourth-order valence-corrected chi connectivity index (χ4v) is 4.17. The van der Waals surface area contributed by atoms with E-state index in [-0.39, 0.29) is 29.6 Å². The molecule has 0 radical (unpaired) electrons. The van der Waals surface area contributed by atoms with Crippen molar-refractivity contribution in [3.8, 4) is 5.75 Å². The topological polar surface area (TPSA) is 83.9 Å². The number of hydrogen-bond acceptors (Lipinski definition) is 4. The number of Topliss-reactive ketones (excluding diaryl/α,β-unsaturated/α-hetero) is 1. The van der Waals surface area contributed by atoms with Gasteiger partial charge in [-0.1, -0.05) is 12.1 Å². The molecular formula is C23H21NO5. The van der Waals surface area contributed by atoms with Crippen molar-refractivity contribution in [2.24, 2.45) is 0 Å². The molecule has 0 bridgehead atoms. The lowest BCUT2D eigenvalue weighted by Gasteiger charge is -2.38. The Morgan fingerprint density at radius 3 is 2.34 bits per heavy atom. The van der Waals surface area contributed by atoms with Crippen LogP contribution in [0.15, 0.2) is 59.8 Å². The molecule has 4 rings (SSSR count). The second-order valence-corrected chi connectivity index (χ2v) is 7.25. The van der Waals surface area contributed by atoms with Crippen LogP contribution in [-0.2, 0) is 9.59 Å². The summed E-state index contributed by atoms with van der Waals surface area (Å²) in [6, 6.07) is 13.7. The first-order valence-electron chi connectivity index (χ1n) is 9.56. The van der Waals surface area contributed by atoms with Crippen molar-refractivity contribution >= 4 is 23.3 Å². The van der Waals surface area contributed by atoms with Gasteiger partial charge in [0.2, 0.25) is 5.91 Å². The molecule has 0 saturated carbocycles. The summed E-state index contributed by atoms with van der Waals surface area (Å²) in [7, 11) is 1.60. The number of methoxy groups -OCH3 is 1. The SMILES string of the molecule is COc1ccc([C@H]2CC(=O)N(c3ccc(C(=O)O)cc3)C3=C2C(=O)CCC3)cc1. The molecule has 6 nitrogen and oxygen atoms in total. The van der Waals surface area contributed by atoms with Gasteiger partial charge in [-0.3, -0.25) is 14.5 Å². The summed E-state index contributed by atoms with van der Waals surface area (Å²) < 4.78 is 5.21. The van der Waals surface area contributed by atoms with Gasteiger partial charge in [0.05, 0.1) is 12.7 Å². The van der Waals surface area contributed by atoms with Crippen molar-refractivity contribution in [3.05, 3.63) is 70.9 Å². The minimum atomic E-state index is -1.02. The number of aromatic carboxylic acids is 1. The molecule has 1 aliphatic carbocycles. The maximum Gasteiger partial charge on any atom is 0.335 e. The number of hydrogen-bond donors (Lipinski definition) is 1. The summed E-state index contributed by atoms with van der Waals surface area (Å²) in [5.41, 5.74) is 3.10. The average molecular weight is 391 g/mol. The quantitative estimate of drug-likeness (QED) is 0.854. The fourth-order valence-electron chi connectivity index (χ4n) is 4.17. The third-order valence-corrected chi connectivity index (χ3v) is 5.57. The summed E-state index contributed by atoms with van der Waals surface area (Å²) in [5.74, 6) is -0.589. The molecule has 2 aromatic carbocycles. The first-order valence-corrected chi connectivity index (χ1v) is 9.56. The zero-order valence-electron chi connectivity index (χ0n) is 16.1. The highest BCUT2D eigenvalue weighted by atomic mass is 16.5. The summed E-state index contributed by atoms with van der Waals surface area (Å²) in [4.78, 5) is 38.7. The monoisotopic (exact) mass is 391 g/mol. The van der Waals surface area contributed by atoms with Gasteiger partial charge in [-0.05, 0) is 54.8 Å². The van der Waals surface area contributed by atoms with E-state index in [2.05, 4.69) is 0 Å². The zero-order valence-corrected chi connectivity index (χ0v) is 16.1. The van der Waals surface area contributed by atoms with E-state index >= 15 is 0 Å². The van der Waals surface area contributed by atoms with Crippen LogP contribution in [-0.4, -0.2) is 29.9 Å². The molecule has 29 heavy (non-hydrogen) atoms. The Balaban J connectivity index is 1.78. The van der Waals surface area contributed by atoms with Gasteiger partial charge in [-0.15, -0.1) is 0 Å². The molecular weight excluding hydrogens is 370 g/mol. The molecule has 0 saturated heterocycles. The van der Waals surface area contributed by atoms with Crippen LogP contribution in [0.2, 0.25) is 0 Å². The van der Waals surface area contributed by atoms with E-state index in [1.807, 2.05) is 24.3 Å². The Labute approximate surface area is 168 Å². The molecule has 1 atom stereocenters. The van der Waals surface area contributed by atoms with Gasteiger partial charge in [0.15, 0.2) is 5.78 Å². The second-order valence-electron chi connectivity index (χ2n) is 7.25. The normalized spacial score (nSPS) is 19.2. The van der Waals surface area contributed by atoms with Gasteiger partial charge in [-0.25, -0.2) is 4.79 Å². The Kier molecular flexibility index (Phi) is 4.92. The van der Waals surface area contributed by atoms with Gasteiger partial charge in [0, 0.05) is 35.7 Å². The predicted octanol–water partition coefficient (Wildman–Crippen LogP) is 3.92.